The molecule has 0 saturated carbocycles. The first-order chi connectivity index (χ1) is 6.98. The van der Waals surface area contributed by atoms with E-state index in [4.69, 9.17) is 9.47 Å². The first-order valence-electron chi connectivity index (χ1n) is 5.10. The molecule has 0 aromatic carbocycles. The van der Waals surface area contributed by atoms with Crippen molar-refractivity contribution in [3.63, 3.8) is 0 Å². The zero-order valence-electron chi connectivity index (χ0n) is 9.47. The molecule has 0 amide bonds. The predicted octanol–water partition coefficient (Wildman–Crippen LogP) is 2.23. The summed E-state index contributed by atoms with van der Waals surface area (Å²) < 4.78 is 10.7. The molecule has 0 N–H and O–H groups in total. The highest BCUT2D eigenvalue weighted by molar-refractivity contribution is 5.87. The van der Waals surface area contributed by atoms with E-state index in [2.05, 4.69) is 13.2 Å². The lowest BCUT2D eigenvalue weighted by Gasteiger charge is -2.37. The second kappa shape index (κ2) is 4.62. The molecule has 1 heterocycles. The Kier molecular flexibility index (Phi) is 3.69. The van der Waals surface area contributed by atoms with E-state index >= 15 is 0 Å². The molecular formula is C12H18O3. The average molecular weight is 210 g/mol. The van der Waals surface area contributed by atoms with Gasteiger partial charge >= 0.3 is 5.97 Å². The van der Waals surface area contributed by atoms with Crippen molar-refractivity contribution >= 4 is 5.97 Å². The van der Waals surface area contributed by atoms with Crippen molar-refractivity contribution in [1.82, 2.24) is 0 Å². The van der Waals surface area contributed by atoms with Gasteiger partial charge in [-0.05, 0) is 19.4 Å². The average Bonchev–Trinajstić information content (AvgIpc) is 2.18. The number of hydrogen-bond acceptors (Lipinski definition) is 3. The SMILES string of the molecule is C=C(C)C(=O)OC1(C(=C)C)CCOCC1. The summed E-state index contributed by atoms with van der Waals surface area (Å²) in [7, 11) is 0. The summed E-state index contributed by atoms with van der Waals surface area (Å²) in [6.07, 6.45) is 1.36. The summed E-state index contributed by atoms with van der Waals surface area (Å²) in [5.41, 5.74) is 0.747. The topological polar surface area (TPSA) is 35.5 Å². The minimum atomic E-state index is -0.547. The summed E-state index contributed by atoms with van der Waals surface area (Å²) in [4.78, 5) is 11.5. The second-order valence-corrected chi connectivity index (χ2v) is 4.06. The molecule has 84 valence electrons. The Morgan fingerprint density at radius 1 is 1.27 bits per heavy atom. The molecule has 0 atom stereocenters. The highest BCUT2D eigenvalue weighted by atomic mass is 16.6. The van der Waals surface area contributed by atoms with Crippen molar-refractivity contribution in [3.8, 4) is 0 Å². The first kappa shape index (κ1) is 12.0. The monoisotopic (exact) mass is 210 g/mol. The third-order valence-corrected chi connectivity index (χ3v) is 2.71. The Labute approximate surface area is 90.8 Å². The van der Waals surface area contributed by atoms with Crippen LogP contribution < -0.4 is 0 Å². The maximum absolute atomic E-state index is 11.5. The Morgan fingerprint density at radius 3 is 2.20 bits per heavy atom. The minimum absolute atomic E-state index is 0.347. The fourth-order valence-corrected chi connectivity index (χ4v) is 1.58. The number of ether oxygens (including phenoxy) is 2. The lowest BCUT2D eigenvalue weighted by atomic mass is 9.87. The van der Waals surface area contributed by atoms with Gasteiger partial charge in [0.15, 0.2) is 0 Å². The Morgan fingerprint density at radius 2 is 1.80 bits per heavy atom. The van der Waals surface area contributed by atoms with Crippen LogP contribution in [0.25, 0.3) is 0 Å². The largest absolute Gasteiger partial charge is 0.451 e. The molecule has 0 unspecified atom stereocenters. The van der Waals surface area contributed by atoms with Gasteiger partial charge in [-0.15, -0.1) is 0 Å². The maximum atomic E-state index is 11.5. The number of carbonyl (C=O) groups is 1. The van der Waals surface area contributed by atoms with Crippen molar-refractivity contribution in [3.05, 3.63) is 24.3 Å². The zero-order valence-corrected chi connectivity index (χ0v) is 9.47. The molecule has 1 fully saturated rings. The highest BCUT2D eigenvalue weighted by Gasteiger charge is 2.37. The van der Waals surface area contributed by atoms with Crippen LogP contribution in [0.2, 0.25) is 0 Å². The zero-order chi connectivity index (χ0) is 11.5. The summed E-state index contributed by atoms with van der Waals surface area (Å²) in [6.45, 7) is 12.2. The van der Waals surface area contributed by atoms with Gasteiger partial charge in [0.2, 0.25) is 0 Å². The van der Waals surface area contributed by atoms with Crippen LogP contribution >= 0.6 is 0 Å². The Bertz CT molecular complexity index is 285. The highest BCUT2D eigenvalue weighted by Crippen LogP contribution is 2.32. The summed E-state index contributed by atoms with van der Waals surface area (Å²) in [6, 6.07) is 0. The van der Waals surface area contributed by atoms with Gasteiger partial charge in [0.05, 0.1) is 13.2 Å². The number of rotatable bonds is 3. The van der Waals surface area contributed by atoms with Crippen LogP contribution in [0.4, 0.5) is 0 Å². The Balaban J connectivity index is 2.77. The van der Waals surface area contributed by atoms with Crippen LogP contribution in [-0.4, -0.2) is 24.8 Å². The van der Waals surface area contributed by atoms with E-state index in [9.17, 15) is 4.79 Å². The molecule has 0 aliphatic carbocycles. The molecule has 0 bridgehead atoms. The molecule has 3 nitrogen and oxygen atoms in total. The van der Waals surface area contributed by atoms with Crippen LogP contribution in [0.3, 0.4) is 0 Å². The molecule has 3 heteroatoms. The van der Waals surface area contributed by atoms with E-state index < -0.39 is 5.60 Å². The van der Waals surface area contributed by atoms with Gasteiger partial charge < -0.3 is 9.47 Å². The molecule has 0 aromatic rings. The Hall–Kier alpha value is -1.09. The lowest BCUT2D eigenvalue weighted by Crippen LogP contribution is -2.41. The smallest absolute Gasteiger partial charge is 0.333 e. The van der Waals surface area contributed by atoms with Crippen LogP contribution in [-0.2, 0) is 14.3 Å². The van der Waals surface area contributed by atoms with E-state index in [0.717, 1.165) is 5.57 Å². The number of esters is 1. The molecule has 1 aliphatic rings. The van der Waals surface area contributed by atoms with E-state index in [1.165, 1.54) is 0 Å². The van der Waals surface area contributed by atoms with Crippen molar-refractivity contribution in [2.75, 3.05) is 13.2 Å². The van der Waals surface area contributed by atoms with E-state index in [-0.39, 0.29) is 5.97 Å². The van der Waals surface area contributed by atoms with Gasteiger partial charge in [-0.1, -0.05) is 13.2 Å². The summed E-state index contributed by atoms with van der Waals surface area (Å²) in [5, 5.41) is 0. The van der Waals surface area contributed by atoms with Gasteiger partial charge in [-0.3, -0.25) is 0 Å². The molecule has 1 aliphatic heterocycles. The van der Waals surface area contributed by atoms with Gasteiger partial charge in [0, 0.05) is 18.4 Å². The fraction of sp³-hybridized carbons (Fsp3) is 0.583. The molecule has 1 rings (SSSR count). The van der Waals surface area contributed by atoms with Crippen molar-refractivity contribution in [2.24, 2.45) is 0 Å². The third kappa shape index (κ3) is 2.69. The predicted molar refractivity (Wildman–Crippen MR) is 58.5 cm³/mol. The fourth-order valence-electron chi connectivity index (χ4n) is 1.58. The second-order valence-electron chi connectivity index (χ2n) is 4.06. The number of hydrogen-bond donors (Lipinski definition) is 0. The van der Waals surface area contributed by atoms with Crippen molar-refractivity contribution in [1.29, 1.82) is 0 Å². The van der Waals surface area contributed by atoms with Crippen LogP contribution in [0, 0.1) is 0 Å². The molecule has 0 spiro atoms. The van der Waals surface area contributed by atoms with Gasteiger partial charge in [0.25, 0.3) is 0 Å². The van der Waals surface area contributed by atoms with E-state index in [0.29, 0.717) is 31.6 Å². The van der Waals surface area contributed by atoms with Crippen molar-refractivity contribution in [2.45, 2.75) is 32.3 Å². The summed E-state index contributed by atoms with van der Waals surface area (Å²) in [5.74, 6) is -0.347. The molecule has 0 aromatic heterocycles. The molecular weight excluding hydrogens is 192 g/mol. The van der Waals surface area contributed by atoms with Gasteiger partial charge in [0.1, 0.15) is 5.60 Å². The van der Waals surface area contributed by atoms with E-state index in [1.54, 1.807) is 6.92 Å². The standard InChI is InChI=1S/C12H18O3/c1-9(2)11(13)15-12(10(3)4)5-7-14-8-6-12/h1,3,5-8H2,2,4H3. The van der Waals surface area contributed by atoms with Gasteiger partial charge in [-0.2, -0.15) is 0 Å². The first-order valence-corrected chi connectivity index (χ1v) is 5.10. The maximum Gasteiger partial charge on any atom is 0.333 e. The van der Waals surface area contributed by atoms with Crippen molar-refractivity contribution < 1.29 is 14.3 Å². The lowest BCUT2D eigenvalue weighted by molar-refractivity contribution is -0.158. The molecule has 15 heavy (non-hydrogen) atoms. The van der Waals surface area contributed by atoms with Crippen LogP contribution in [0.15, 0.2) is 24.3 Å². The van der Waals surface area contributed by atoms with Crippen LogP contribution in [0.1, 0.15) is 26.7 Å². The summed E-state index contributed by atoms with van der Waals surface area (Å²) >= 11 is 0. The molecule has 0 radical (unpaired) electrons. The van der Waals surface area contributed by atoms with E-state index in [1.807, 2.05) is 6.92 Å². The van der Waals surface area contributed by atoms with Gasteiger partial charge in [-0.25, -0.2) is 4.79 Å². The number of carbonyl (C=O) groups excluding carboxylic acids is 1. The normalized spacial score (nSPS) is 19.3. The minimum Gasteiger partial charge on any atom is -0.451 e. The quantitative estimate of drug-likeness (QED) is 0.407. The molecule has 1 saturated heterocycles. The third-order valence-electron chi connectivity index (χ3n) is 2.71. The van der Waals surface area contributed by atoms with Crippen LogP contribution in [0.5, 0.6) is 0 Å².